The van der Waals surface area contributed by atoms with Crippen LogP contribution in [-0.4, -0.2) is 12.1 Å². The van der Waals surface area contributed by atoms with Gasteiger partial charge in [-0.3, -0.25) is 0 Å². The summed E-state index contributed by atoms with van der Waals surface area (Å²) in [7, 11) is 0. The maximum absolute atomic E-state index is 6.15. The summed E-state index contributed by atoms with van der Waals surface area (Å²) in [5, 5.41) is 0. The average Bonchev–Trinajstić information content (AvgIpc) is 2.18. The molecule has 2 nitrogen and oxygen atoms in total. The van der Waals surface area contributed by atoms with Gasteiger partial charge in [0.15, 0.2) is 0 Å². The highest BCUT2D eigenvalue weighted by Crippen LogP contribution is 2.25. The second-order valence-corrected chi connectivity index (χ2v) is 4.01. The maximum atomic E-state index is 6.15. The highest BCUT2D eigenvalue weighted by Gasteiger charge is 2.28. The van der Waals surface area contributed by atoms with Gasteiger partial charge < -0.3 is 11.5 Å². The van der Waals surface area contributed by atoms with E-state index >= 15 is 0 Å². The third-order valence-electron chi connectivity index (χ3n) is 2.96. The van der Waals surface area contributed by atoms with Gasteiger partial charge in [-0.25, -0.2) is 0 Å². The van der Waals surface area contributed by atoms with Crippen molar-refractivity contribution in [2.24, 2.45) is 11.5 Å². The first-order chi connectivity index (χ1) is 6.23. The molecule has 0 heterocycles. The third-order valence-corrected chi connectivity index (χ3v) is 2.96. The zero-order chi connectivity index (χ0) is 9.31. The SMILES string of the molecule is NCC1(N)CCc2ccccc2C1. The molecular weight excluding hydrogens is 160 g/mol. The van der Waals surface area contributed by atoms with E-state index < -0.39 is 0 Å². The molecule has 2 heteroatoms. The highest BCUT2D eigenvalue weighted by atomic mass is 14.8. The van der Waals surface area contributed by atoms with Gasteiger partial charge in [-0.15, -0.1) is 0 Å². The molecule has 0 bridgehead atoms. The summed E-state index contributed by atoms with van der Waals surface area (Å²) in [6, 6.07) is 8.50. The summed E-state index contributed by atoms with van der Waals surface area (Å²) in [5.74, 6) is 0. The smallest absolute Gasteiger partial charge is 0.0322 e. The van der Waals surface area contributed by atoms with Gasteiger partial charge in [0, 0.05) is 12.1 Å². The van der Waals surface area contributed by atoms with Crippen molar-refractivity contribution in [3.8, 4) is 0 Å². The summed E-state index contributed by atoms with van der Waals surface area (Å²) in [4.78, 5) is 0. The van der Waals surface area contributed by atoms with Gasteiger partial charge in [0.1, 0.15) is 0 Å². The number of aryl methyl sites for hydroxylation is 1. The summed E-state index contributed by atoms with van der Waals surface area (Å²) in [5.41, 5.74) is 14.5. The molecule has 1 aromatic carbocycles. The van der Waals surface area contributed by atoms with E-state index in [4.69, 9.17) is 11.5 Å². The van der Waals surface area contributed by atoms with Crippen molar-refractivity contribution in [1.82, 2.24) is 0 Å². The van der Waals surface area contributed by atoms with Crippen LogP contribution in [0.5, 0.6) is 0 Å². The van der Waals surface area contributed by atoms with E-state index in [2.05, 4.69) is 24.3 Å². The third kappa shape index (κ3) is 1.60. The Morgan fingerprint density at radius 3 is 2.62 bits per heavy atom. The Morgan fingerprint density at radius 1 is 1.23 bits per heavy atom. The summed E-state index contributed by atoms with van der Waals surface area (Å²) in [6.45, 7) is 0.585. The van der Waals surface area contributed by atoms with Crippen LogP contribution in [-0.2, 0) is 12.8 Å². The van der Waals surface area contributed by atoms with Crippen LogP contribution in [0.3, 0.4) is 0 Å². The van der Waals surface area contributed by atoms with Gasteiger partial charge in [0.2, 0.25) is 0 Å². The van der Waals surface area contributed by atoms with Crippen LogP contribution in [0.15, 0.2) is 24.3 Å². The second kappa shape index (κ2) is 3.13. The Bertz CT molecular complexity index is 309. The molecule has 0 spiro atoms. The molecule has 1 aromatic rings. The number of fused-ring (bicyclic) bond motifs is 1. The summed E-state index contributed by atoms with van der Waals surface area (Å²) >= 11 is 0. The van der Waals surface area contributed by atoms with Crippen LogP contribution < -0.4 is 11.5 Å². The van der Waals surface area contributed by atoms with Crippen LogP contribution in [0.2, 0.25) is 0 Å². The van der Waals surface area contributed by atoms with E-state index in [0.717, 1.165) is 19.3 Å². The van der Waals surface area contributed by atoms with E-state index in [-0.39, 0.29) is 5.54 Å². The number of benzene rings is 1. The zero-order valence-corrected chi connectivity index (χ0v) is 7.79. The number of hydrogen-bond acceptors (Lipinski definition) is 2. The predicted octanol–water partition coefficient (Wildman–Crippen LogP) is 0.831. The lowest BCUT2D eigenvalue weighted by Crippen LogP contribution is -2.51. The molecule has 0 radical (unpaired) electrons. The minimum Gasteiger partial charge on any atom is -0.329 e. The molecule has 1 aliphatic carbocycles. The molecule has 0 aromatic heterocycles. The lowest BCUT2D eigenvalue weighted by atomic mass is 9.79. The fraction of sp³-hybridized carbons (Fsp3) is 0.455. The first-order valence-electron chi connectivity index (χ1n) is 4.79. The Hall–Kier alpha value is -0.860. The monoisotopic (exact) mass is 176 g/mol. The Balaban J connectivity index is 2.29. The Kier molecular flexibility index (Phi) is 2.10. The molecule has 1 aliphatic rings. The first-order valence-corrected chi connectivity index (χ1v) is 4.79. The van der Waals surface area contributed by atoms with Crippen LogP contribution in [0.4, 0.5) is 0 Å². The van der Waals surface area contributed by atoms with Crippen LogP contribution in [0, 0.1) is 0 Å². The predicted molar refractivity (Wildman–Crippen MR) is 54.4 cm³/mol. The van der Waals surface area contributed by atoms with Crippen LogP contribution in [0.1, 0.15) is 17.5 Å². The van der Waals surface area contributed by atoms with Gasteiger partial charge >= 0.3 is 0 Å². The first kappa shape index (κ1) is 8.73. The van der Waals surface area contributed by atoms with E-state index in [0.29, 0.717) is 6.54 Å². The van der Waals surface area contributed by atoms with Gasteiger partial charge in [-0.05, 0) is 30.4 Å². The second-order valence-electron chi connectivity index (χ2n) is 4.01. The van der Waals surface area contributed by atoms with Gasteiger partial charge in [-0.2, -0.15) is 0 Å². The maximum Gasteiger partial charge on any atom is 0.0322 e. The molecule has 0 saturated carbocycles. The molecule has 4 N–H and O–H groups in total. The van der Waals surface area contributed by atoms with E-state index in [1.807, 2.05) is 0 Å². The van der Waals surface area contributed by atoms with Crippen molar-refractivity contribution < 1.29 is 0 Å². The number of nitrogens with two attached hydrogens (primary N) is 2. The van der Waals surface area contributed by atoms with Crippen LogP contribution >= 0.6 is 0 Å². The molecule has 1 atom stereocenters. The summed E-state index contributed by atoms with van der Waals surface area (Å²) < 4.78 is 0. The fourth-order valence-corrected chi connectivity index (χ4v) is 2.00. The minimum absolute atomic E-state index is 0.158. The van der Waals surface area contributed by atoms with Crippen molar-refractivity contribution in [1.29, 1.82) is 0 Å². The Morgan fingerprint density at radius 2 is 1.92 bits per heavy atom. The molecule has 70 valence electrons. The summed E-state index contributed by atoms with van der Waals surface area (Å²) in [6.07, 6.45) is 3.02. The van der Waals surface area contributed by atoms with Gasteiger partial charge in [0.05, 0.1) is 0 Å². The molecule has 0 aliphatic heterocycles. The molecule has 0 fully saturated rings. The van der Waals surface area contributed by atoms with Crippen molar-refractivity contribution in [3.05, 3.63) is 35.4 Å². The Labute approximate surface area is 78.9 Å². The quantitative estimate of drug-likeness (QED) is 0.666. The van der Waals surface area contributed by atoms with Gasteiger partial charge in [-0.1, -0.05) is 24.3 Å². The topological polar surface area (TPSA) is 52.0 Å². The van der Waals surface area contributed by atoms with E-state index in [1.54, 1.807) is 0 Å². The minimum atomic E-state index is -0.158. The van der Waals surface area contributed by atoms with Crippen molar-refractivity contribution in [2.45, 2.75) is 24.8 Å². The molecule has 2 rings (SSSR count). The zero-order valence-electron chi connectivity index (χ0n) is 7.79. The average molecular weight is 176 g/mol. The van der Waals surface area contributed by atoms with Gasteiger partial charge in [0.25, 0.3) is 0 Å². The molecule has 13 heavy (non-hydrogen) atoms. The van der Waals surface area contributed by atoms with Crippen LogP contribution in [0.25, 0.3) is 0 Å². The number of rotatable bonds is 1. The van der Waals surface area contributed by atoms with Crippen molar-refractivity contribution >= 4 is 0 Å². The van der Waals surface area contributed by atoms with E-state index in [1.165, 1.54) is 11.1 Å². The largest absolute Gasteiger partial charge is 0.329 e. The standard InChI is InChI=1S/C11H16N2/c12-8-11(13)6-5-9-3-1-2-4-10(9)7-11/h1-4H,5-8,12-13H2. The highest BCUT2D eigenvalue weighted by molar-refractivity contribution is 5.32. The van der Waals surface area contributed by atoms with Crippen molar-refractivity contribution in [3.63, 3.8) is 0 Å². The molecular formula is C11H16N2. The lowest BCUT2D eigenvalue weighted by Gasteiger charge is -2.33. The van der Waals surface area contributed by atoms with Crippen molar-refractivity contribution in [2.75, 3.05) is 6.54 Å². The molecule has 0 saturated heterocycles. The fourth-order valence-electron chi connectivity index (χ4n) is 2.00. The normalized spacial score (nSPS) is 26.9. The molecule has 0 amide bonds. The molecule has 1 unspecified atom stereocenters. The van der Waals surface area contributed by atoms with E-state index in [9.17, 15) is 0 Å². The number of hydrogen-bond donors (Lipinski definition) is 2. The lowest BCUT2D eigenvalue weighted by molar-refractivity contribution is 0.382.